The molecule has 0 radical (unpaired) electrons. The fourth-order valence-corrected chi connectivity index (χ4v) is 7.37. The zero-order valence-corrected chi connectivity index (χ0v) is 34.1. The van der Waals surface area contributed by atoms with Crippen molar-refractivity contribution in [2.75, 3.05) is 0 Å². The summed E-state index contributed by atoms with van der Waals surface area (Å²) in [6.07, 6.45) is -0.638. The van der Waals surface area contributed by atoms with E-state index in [9.17, 15) is 6.48 Å². The summed E-state index contributed by atoms with van der Waals surface area (Å²) in [5.74, 6) is 0.0336. The highest BCUT2D eigenvalue weighted by atomic mass is 16.3. The van der Waals surface area contributed by atoms with Gasteiger partial charge in [0.1, 0.15) is 11.6 Å². The lowest BCUT2D eigenvalue weighted by Crippen LogP contribution is -2.11. The third-order valence-corrected chi connectivity index (χ3v) is 10.7. The Morgan fingerprint density at radius 3 is 2.15 bits per heavy atom. The number of rotatable bonds is 8. The monoisotopic (exact) mass is 790 g/mol. The van der Waals surface area contributed by atoms with Crippen molar-refractivity contribution in [1.29, 1.82) is 0 Å². The predicted octanol–water partition coefficient (Wildman–Crippen LogP) is 14.9. The minimum Gasteiger partial charge on any atom is -0.507 e. The van der Waals surface area contributed by atoms with Crippen LogP contribution in [0.2, 0.25) is 0 Å². The van der Waals surface area contributed by atoms with Gasteiger partial charge in [-0.1, -0.05) is 133 Å². The van der Waals surface area contributed by atoms with E-state index in [1.54, 1.807) is 65.2 Å². The number of phenols is 1. The van der Waals surface area contributed by atoms with Gasteiger partial charge in [-0.3, -0.25) is 9.55 Å². The van der Waals surface area contributed by atoms with E-state index in [-0.39, 0.29) is 57.0 Å². The van der Waals surface area contributed by atoms with Crippen LogP contribution in [0.4, 0.5) is 0 Å². The summed E-state index contributed by atoms with van der Waals surface area (Å²) < 4.78 is 140. The first-order chi connectivity index (χ1) is 34.7. The Morgan fingerprint density at radius 2 is 1.46 bits per heavy atom. The third kappa shape index (κ3) is 7.60. The Labute approximate surface area is 372 Å². The molecule has 4 nitrogen and oxygen atoms in total. The van der Waals surface area contributed by atoms with Crippen molar-refractivity contribution in [3.8, 4) is 67.5 Å². The third-order valence-electron chi connectivity index (χ3n) is 10.7. The number of imidazole rings is 1. The van der Waals surface area contributed by atoms with E-state index < -0.39 is 85.1 Å². The van der Waals surface area contributed by atoms with E-state index in [1.165, 1.54) is 6.07 Å². The van der Waals surface area contributed by atoms with Crippen LogP contribution in [0.1, 0.15) is 116 Å². The number of benzene rings is 6. The molecule has 0 fully saturated rings. The molecule has 8 aromatic rings. The summed E-state index contributed by atoms with van der Waals surface area (Å²) in [6.45, 7) is 5.11. The highest BCUT2D eigenvalue weighted by molar-refractivity contribution is 5.97. The smallest absolute Gasteiger partial charge is 0.149 e. The van der Waals surface area contributed by atoms with Crippen LogP contribution in [-0.4, -0.2) is 19.6 Å². The number of aromatic nitrogens is 3. The molecule has 1 N–H and O–H groups in total. The van der Waals surface area contributed by atoms with Crippen molar-refractivity contribution in [3.63, 3.8) is 0 Å². The Morgan fingerprint density at radius 1 is 0.678 bits per heavy atom. The molecule has 0 aliphatic heterocycles. The number of pyridine rings is 1. The van der Waals surface area contributed by atoms with Gasteiger partial charge in [0.2, 0.25) is 0 Å². The maximum Gasteiger partial charge on any atom is 0.149 e. The molecular weight excluding hydrogens is 719 g/mol. The van der Waals surface area contributed by atoms with E-state index in [0.717, 1.165) is 11.1 Å². The van der Waals surface area contributed by atoms with Crippen LogP contribution in [0, 0.1) is 20.6 Å². The summed E-state index contributed by atoms with van der Waals surface area (Å²) in [5.41, 5.74) is 2.44. The number of hydrogen-bond donors (Lipinski definition) is 1. The van der Waals surface area contributed by atoms with Crippen molar-refractivity contribution in [3.05, 3.63) is 167 Å². The minimum absolute atomic E-state index is 0.000579. The van der Waals surface area contributed by atoms with E-state index in [4.69, 9.17) is 25.5 Å². The molecule has 0 aliphatic rings. The minimum atomic E-state index is -3.01. The molecular formula is C55H55N3O. The van der Waals surface area contributed by atoms with Gasteiger partial charge in [0.05, 0.1) is 31.9 Å². The Kier molecular flexibility index (Phi) is 6.46. The van der Waals surface area contributed by atoms with Crippen molar-refractivity contribution >= 4 is 11.0 Å². The van der Waals surface area contributed by atoms with Gasteiger partial charge in [0, 0.05) is 35.3 Å². The van der Waals surface area contributed by atoms with Crippen molar-refractivity contribution < 1.29 is 27.0 Å². The second kappa shape index (κ2) is 15.5. The fourth-order valence-electron chi connectivity index (χ4n) is 7.37. The number of phenolic OH excluding ortho intramolecular Hbond substituents is 1. The molecule has 6 aromatic carbocycles. The second-order valence-corrected chi connectivity index (χ2v) is 16.5. The number of nitrogens with zero attached hydrogens (tertiary/aromatic N) is 3. The summed E-state index contributed by atoms with van der Waals surface area (Å²) in [5, 5.41) is 12.3. The first-order valence-corrected chi connectivity index (χ1v) is 19.6. The quantitative estimate of drug-likeness (QED) is 0.167. The first-order valence-electron chi connectivity index (χ1n) is 27.6. The van der Waals surface area contributed by atoms with Crippen molar-refractivity contribution in [2.24, 2.45) is 0 Å². The lowest BCUT2D eigenvalue weighted by molar-refractivity contribution is 0.466. The molecule has 4 heteroatoms. The average molecular weight is 790 g/mol. The molecule has 0 aliphatic carbocycles. The summed E-state index contributed by atoms with van der Waals surface area (Å²) in [6, 6.07) is 21.8. The summed E-state index contributed by atoms with van der Waals surface area (Å²) in [7, 11) is 0. The Balaban J connectivity index is 1.49. The topological polar surface area (TPSA) is 50.9 Å². The van der Waals surface area contributed by atoms with Crippen LogP contribution in [-0.2, 0) is 5.41 Å². The SMILES string of the molecule is [2H]c1nc(-c2cc(-c3cccc4c3nc(-c3cc(C(C)C)cc(C(C)C)c3O)n4-c3cc(-c4ccccc4)c(C([2H])([2H])[2H])c(C([2H])([2H])[2H])c3)cc(C(C)(C)C)c2)c([2H])c(-c2c([2H])c([2H])c(C([2H])([2H])[2H])c([2H])c2[2H])c1[2H]. The standard InChI is InChI=1S/C55H55N3O/c1-33(2)41-29-47(34(3)4)53(59)49(30-41)54-57-52-46(17-14-18-51(52)58(54)45-25-36(6)37(7)48(32-45)39-15-12-11-13-16-39)42-26-43(28-44(27-42)55(8,9)10)50-31-40(23-24-56-50)38-21-19-35(5)20-22-38/h11-34,59H,1-10H3/i5D3,6D3,7D3,19D,20D,21D,22D,23D,24D,31D. The average Bonchev–Trinajstić information content (AvgIpc) is 3.71. The van der Waals surface area contributed by atoms with Crippen LogP contribution in [0.15, 0.2) is 133 Å². The van der Waals surface area contributed by atoms with E-state index >= 15 is 0 Å². The van der Waals surface area contributed by atoms with Gasteiger partial charge >= 0.3 is 0 Å². The molecule has 0 bridgehead atoms. The van der Waals surface area contributed by atoms with Gasteiger partial charge in [-0.25, -0.2) is 4.98 Å². The summed E-state index contributed by atoms with van der Waals surface area (Å²) >= 11 is 0. The number of para-hydroxylation sites is 1. The molecule has 0 unspecified atom stereocenters. The zero-order valence-electron chi connectivity index (χ0n) is 50.1. The van der Waals surface area contributed by atoms with Crippen LogP contribution >= 0.6 is 0 Å². The number of aromatic hydroxyl groups is 1. The number of fused-ring (bicyclic) bond motifs is 1. The Bertz CT molecular complexity index is 3560. The molecule has 0 atom stereocenters. The molecule has 0 amide bonds. The van der Waals surface area contributed by atoms with Gasteiger partial charge < -0.3 is 5.11 Å². The number of hydrogen-bond acceptors (Lipinski definition) is 3. The lowest BCUT2D eigenvalue weighted by Gasteiger charge is -2.22. The van der Waals surface area contributed by atoms with E-state index in [2.05, 4.69) is 4.98 Å². The zero-order chi connectivity index (χ0) is 55.3. The fraction of sp³-hybridized carbons (Fsp3) is 0.236. The largest absolute Gasteiger partial charge is 0.507 e. The van der Waals surface area contributed by atoms with Crippen LogP contribution in [0.5, 0.6) is 5.75 Å². The van der Waals surface area contributed by atoms with Crippen molar-refractivity contribution in [1.82, 2.24) is 14.5 Å². The Hall–Kier alpha value is -6.26. The molecule has 296 valence electrons. The molecule has 59 heavy (non-hydrogen) atoms. The molecule has 0 saturated heterocycles. The maximum atomic E-state index is 12.3. The van der Waals surface area contributed by atoms with Gasteiger partial charge in [-0.2, -0.15) is 0 Å². The van der Waals surface area contributed by atoms with Gasteiger partial charge in [0.25, 0.3) is 0 Å². The van der Waals surface area contributed by atoms with E-state index in [1.807, 2.05) is 72.7 Å². The highest BCUT2D eigenvalue weighted by Crippen LogP contribution is 2.44. The highest BCUT2D eigenvalue weighted by Gasteiger charge is 2.25. The second-order valence-electron chi connectivity index (χ2n) is 16.5. The van der Waals surface area contributed by atoms with Gasteiger partial charge in [0.15, 0.2) is 0 Å². The first kappa shape index (κ1) is 24.6. The van der Waals surface area contributed by atoms with Crippen LogP contribution in [0.25, 0.3) is 72.7 Å². The van der Waals surface area contributed by atoms with Crippen LogP contribution in [0.3, 0.4) is 0 Å². The van der Waals surface area contributed by atoms with Gasteiger partial charge in [-0.15, -0.1) is 0 Å². The molecule has 0 saturated carbocycles. The molecule has 2 heterocycles. The normalized spacial score (nSPS) is 16.5. The van der Waals surface area contributed by atoms with Gasteiger partial charge in [-0.05, 0) is 142 Å². The lowest BCUT2D eigenvalue weighted by atomic mass is 9.83. The molecule has 2 aromatic heterocycles. The van der Waals surface area contributed by atoms with Crippen molar-refractivity contribution in [2.45, 2.75) is 86.3 Å². The van der Waals surface area contributed by atoms with Crippen LogP contribution < -0.4 is 0 Å². The summed E-state index contributed by atoms with van der Waals surface area (Å²) in [4.78, 5) is 9.74. The van der Waals surface area contributed by atoms with E-state index in [0.29, 0.717) is 38.9 Å². The maximum absolute atomic E-state index is 12.3. The molecule has 0 spiro atoms. The predicted molar refractivity (Wildman–Crippen MR) is 249 cm³/mol. The number of aryl methyl sites for hydroxylation is 1. The molecule has 8 rings (SSSR count).